The van der Waals surface area contributed by atoms with Gasteiger partial charge in [-0.25, -0.2) is 4.98 Å². The number of aromatic nitrogens is 1. The lowest BCUT2D eigenvalue weighted by Crippen LogP contribution is -3.12. The van der Waals surface area contributed by atoms with Gasteiger partial charge in [0.15, 0.2) is 5.76 Å². The molecule has 0 aliphatic heterocycles. The zero-order chi connectivity index (χ0) is 17.6. The maximum Gasteiger partial charge on any atom is 0.252 e. The predicted octanol–water partition coefficient (Wildman–Crippen LogP) is 2.15. The maximum absolute atomic E-state index is 12.8. The van der Waals surface area contributed by atoms with E-state index in [-0.39, 0.29) is 5.91 Å². The number of fused-ring (bicyclic) bond motifs is 1. The monoisotopic (exact) mass is 338 g/mol. The summed E-state index contributed by atoms with van der Waals surface area (Å²) in [6, 6.07) is 13.2. The van der Waals surface area contributed by atoms with Gasteiger partial charge in [-0.3, -0.25) is 4.79 Å². The second-order valence-electron chi connectivity index (χ2n) is 6.01. The highest BCUT2D eigenvalue weighted by atomic mass is 16.3. The standard InChI is InChI=1S/C20H23N3O2/c1-3-23(4-2)12-11-21-20(24)16-14-18(19-10-7-13-25-19)22-17-9-6-5-8-15(16)17/h5-10,13-14H,3-4,11-12H2,1-2H3,(H,21,24)/p+1. The normalized spacial score (nSPS) is 11.2. The highest BCUT2D eigenvalue weighted by Crippen LogP contribution is 2.25. The molecule has 0 spiro atoms. The molecule has 0 radical (unpaired) electrons. The Morgan fingerprint density at radius 3 is 2.68 bits per heavy atom. The molecule has 130 valence electrons. The van der Waals surface area contributed by atoms with E-state index >= 15 is 0 Å². The van der Waals surface area contributed by atoms with Crippen molar-refractivity contribution < 1.29 is 14.1 Å². The predicted molar refractivity (Wildman–Crippen MR) is 98.7 cm³/mol. The van der Waals surface area contributed by atoms with E-state index in [0.717, 1.165) is 30.5 Å². The molecule has 0 unspecified atom stereocenters. The van der Waals surface area contributed by atoms with E-state index in [1.165, 1.54) is 4.90 Å². The molecule has 1 amide bonds. The van der Waals surface area contributed by atoms with E-state index in [0.29, 0.717) is 23.6 Å². The van der Waals surface area contributed by atoms with Crippen molar-refractivity contribution in [1.29, 1.82) is 0 Å². The third-order valence-corrected chi connectivity index (χ3v) is 4.50. The number of likely N-dealkylation sites (N-methyl/N-ethyl adjacent to an activating group) is 1. The van der Waals surface area contributed by atoms with Crippen molar-refractivity contribution in [3.8, 4) is 11.5 Å². The van der Waals surface area contributed by atoms with Crippen LogP contribution in [0.3, 0.4) is 0 Å². The average Bonchev–Trinajstić information content (AvgIpc) is 3.19. The van der Waals surface area contributed by atoms with Gasteiger partial charge in [-0.1, -0.05) is 18.2 Å². The van der Waals surface area contributed by atoms with E-state index < -0.39 is 0 Å². The number of quaternary nitrogens is 1. The number of benzene rings is 1. The van der Waals surface area contributed by atoms with Gasteiger partial charge in [-0.05, 0) is 38.1 Å². The Balaban J connectivity index is 1.87. The van der Waals surface area contributed by atoms with Crippen LogP contribution in [0.1, 0.15) is 24.2 Å². The number of furan rings is 1. The number of para-hydroxylation sites is 1. The van der Waals surface area contributed by atoms with Gasteiger partial charge in [0.1, 0.15) is 5.69 Å². The van der Waals surface area contributed by atoms with Crippen LogP contribution in [-0.4, -0.2) is 37.1 Å². The topological polar surface area (TPSA) is 59.6 Å². The van der Waals surface area contributed by atoms with Crippen LogP contribution >= 0.6 is 0 Å². The molecule has 0 aliphatic rings. The summed E-state index contributed by atoms with van der Waals surface area (Å²) < 4.78 is 5.45. The molecule has 2 N–H and O–H groups in total. The Kier molecular flexibility index (Phi) is 5.46. The van der Waals surface area contributed by atoms with E-state index in [2.05, 4.69) is 24.1 Å². The molecule has 1 aromatic carbocycles. The molecule has 0 aliphatic carbocycles. The number of nitrogens with zero attached hydrogens (tertiary/aromatic N) is 1. The number of nitrogens with one attached hydrogen (secondary N) is 2. The van der Waals surface area contributed by atoms with Gasteiger partial charge in [-0.2, -0.15) is 0 Å². The lowest BCUT2D eigenvalue weighted by atomic mass is 10.1. The Morgan fingerprint density at radius 2 is 1.96 bits per heavy atom. The Bertz CT molecular complexity index is 839. The summed E-state index contributed by atoms with van der Waals surface area (Å²) >= 11 is 0. The third-order valence-electron chi connectivity index (χ3n) is 4.50. The maximum atomic E-state index is 12.8. The van der Waals surface area contributed by atoms with Crippen molar-refractivity contribution >= 4 is 16.8 Å². The Labute approximate surface area is 147 Å². The first-order chi connectivity index (χ1) is 12.2. The van der Waals surface area contributed by atoms with Crippen molar-refractivity contribution in [1.82, 2.24) is 10.3 Å². The summed E-state index contributed by atoms with van der Waals surface area (Å²) in [6.07, 6.45) is 1.61. The van der Waals surface area contributed by atoms with Crippen LogP contribution in [0, 0.1) is 0 Å². The lowest BCUT2D eigenvalue weighted by molar-refractivity contribution is -0.895. The second-order valence-corrected chi connectivity index (χ2v) is 6.01. The fourth-order valence-electron chi connectivity index (χ4n) is 2.97. The minimum Gasteiger partial charge on any atom is -0.463 e. The number of amides is 1. The average molecular weight is 338 g/mol. The van der Waals surface area contributed by atoms with Crippen LogP contribution in [0.4, 0.5) is 0 Å². The molecule has 5 heteroatoms. The third kappa shape index (κ3) is 3.88. The molecule has 3 aromatic rings. The number of hydrogen-bond donors (Lipinski definition) is 2. The van der Waals surface area contributed by atoms with E-state index in [9.17, 15) is 4.79 Å². The van der Waals surface area contributed by atoms with Gasteiger partial charge in [0, 0.05) is 5.39 Å². The highest BCUT2D eigenvalue weighted by Gasteiger charge is 2.15. The molecular weight excluding hydrogens is 314 g/mol. The fraction of sp³-hybridized carbons (Fsp3) is 0.300. The molecule has 0 fully saturated rings. The van der Waals surface area contributed by atoms with Gasteiger partial charge in [-0.15, -0.1) is 0 Å². The van der Waals surface area contributed by atoms with E-state index in [1.54, 1.807) is 12.3 Å². The number of rotatable bonds is 7. The van der Waals surface area contributed by atoms with Gasteiger partial charge < -0.3 is 14.6 Å². The molecule has 0 saturated heterocycles. The first kappa shape index (κ1) is 17.2. The molecule has 25 heavy (non-hydrogen) atoms. The van der Waals surface area contributed by atoms with Gasteiger partial charge >= 0.3 is 0 Å². The molecular formula is C20H24N3O2+. The number of carbonyl (C=O) groups is 1. The largest absolute Gasteiger partial charge is 0.463 e. The summed E-state index contributed by atoms with van der Waals surface area (Å²) in [4.78, 5) is 18.8. The zero-order valence-electron chi connectivity index (χ0n) is 14.7. The summed E-state index contributed by atoms with van der Waals surface area (Å²) in [7, 11) is 0. The van der Waals surface area contributed by atoms with Crippen LogP contribution < -0.4 is 10.2 Å². The minimum absolute atomic E-state index is 0.0713. The smallest absolute Gasteiger partial charge is 0.252 e. The molecule has 0 bridgehead atoms. The van der Waals surface area contributed by atoms with Crippen LogP contribution in [0.5, 0.6) is 0 Å². The van der Waals surface area contributed by atoms with Gasteiger partial charge in [0.05, 0.1) is 43.5 Å². The number of pyridine rings is 1. The van der Waals surface area contributed by atoms with Crippen molar-refractivity contribution in [2.75, 3.05) is 26.2 Å². The quantitative estimate of drug-likeness (QED) is 0.694. The van der Waals surface area contributed by atoms with Gasteiger partial charge in [0.25, 0.3) is 5.91 Å². The molecule has 2 heterocycles. The molecule has 3 rings (SSSR count). The van der Waals surface area contributed by atoms with Crippen LogP contribution in [0.2, 0.25) is 0 Å². The molecule has 0 saturated carbocycles. The molecule has 5 nitrogen and oxygen atoms in total. The zero-order valence-corrected chi connectivity index (χ0v) is 14.7. The van der Waals surface area contributed by atoms with Crippen molar-refractivity contribution in [3.63, 3.8) is 0 Å². The van der Waals surface area contributed by atoms with Crippen LogP contribution in [-0.2, 0) is 0 Å². The summed E-state index contributed by atoms with van der Waals surface area (Å²) in [6.45, 7) is 8.02. The first-order valence-electron chi connectivity index (χ1n) is 8.78. The van der Waals surface area contributed by atoms with Crippen molar-refractivity contribution in [2.24, 2.45) is 0 Å². The number of carbonyl (C=O) groups excluding carboxylic acids is 1. The van der Waals surface area contributed by atoms with Crippen LogP contribution in [0.25, 0.3) is 22.4 Å². The number of hydrogen-bond acceptors (Lipinski definition) is 3. The van der Waals surface area contributed by atoms with E-state index in [1.807, 2.05) is 36.4 Å². The Morgan fingerprint density at radius 1 is 1.16 bits per heavy atom. The van der Waals surface area contributed by atoms with Crippen LogP contribution in [0.15, 0.2) is 53.1 Å². The van der Waals surface area contributed by atoms with Gasteiger partial charge in [0.2, 0.25) is 0 Å². The van der Waals surface area contributed by atoms with Crippen molar-refractivity contribution in [3.05, 3.63) is 54.3 Å². The summed E-state index contributed by atoms with van der Waals surface area (Å²) in [5, 5.41) is 3.90. The lowest BCUT2D eigenvalue weighted by Gasteiger charge is -2.16. The minimum atomic E-state index is -0.0713. The highest BCUT2D eigenvalue weighted by molar-refractivity contribution is 6.07. The molecule has 2 aromatic heterocycles. The first-order valence-corrected chi connectivity index (χ1v) is 8.78. The van der Waals surface area contributed by atoms with Crippen molar-refractivity contribution in [2.45, 2.75) is 13.8 Å². The Hall–Kier alpha value is -2.66. The second kappa shape index (κ2) is 7.94. The molecule has 0 atom stereocenters. The SMILES string of the molecule is CC[NH+](CC)CCNC(=O)c1cc(-c2ccco2)nc2ccccc12. The van der Waals surface area contributed by atoms with E-state index in [4.69, 9.17) is 4.42 Å². The summed E-state index contributed by atoms with van der Waals surface area (Å²) in [5.74, 6) is 0.588. The summed E-state index contributed by atoms with van der Waals surface area (Å²) in [5.41, 5.74) is 2.09. The fourth-order valence-corrected chi connectivity index (χ4v) is 2.97.